The Hall–Kier alpha value is -1.50. The van der Waals surface area contributed by atoms with E-state index in [4.69, 9.17) is 10.2 Å². The summed E-state index contributed by atoms with van der Waals surface area (Å²) in [6, 6.07) is 3.11. The number of rotatable bonds is 5. The molecule has 1 aliphatic carbocycles. The molecule has 112 valence electrons. The number of nitrogens with zero attached hydrogens (tertiary/aromatic N) is 1. The first-order chi connectivity index (χ1) is 9.27. The minimum atomic E-state index is -4.44. The minimum Gasteiger partial charge on any atom is -0.467 e. The number of carbonyl (C=O) groups is 1. The van der Waals surface area contributed by atoms with Crippen LogP contribution in [0.1, 0.15) is 31.4 Å². The molecule has 4 nitrogen and oxygen atoms in total. The smallest absolute Gasteiger partial charge is 0.406 e. The fourth-order valence-corrected chi connectivity index (χ4v) is 2.26. The van der Waals surface area contributed by atoms with Crippen LogP contribution < -0.4 is 5.73 Å². The van der Waals surface area contributed by atoms with Crippen LogP contribution >= 0.6 is 0 Å². The lowest BCUT2D eigenvalue weighted by atomic mass is 9.75. The molecular weight excluding hydrogens is 273 g/mol. The lowest BCUT2D eigenvalue weighted by Crippen LogP contribution is -2.51. The molecule has 1 aliphatic rings. The first-order valence-corrected chi connectivity index (χ1v) is 6.43. The highest BCUT2D eigenvalue weighted by atomic mass is 19.4. The van der Waals surface area contributed by atoms with Gasteiger partial charge in [-0.05, 0) is 31.4 Å². The first-order valence-electron chi connectivity index (χ1n) is 6.43. The van der Waals surface area contributed by atoms with Gasteiger partial charge in [0.15, 0.2) is 0 Å². The SMILES string of the molecule is NC1(CC(=O)N(Cc2ccco2)CC(F)(F)F)CCC1. The predicted molar refractivity (Wildman–Crippen MR) is 65.6 cm³/mol. The lowest BCUT2D eigenvalue weighted by Gasteiger charge is -2.39. The third-order valence-electron chi connectivity index (χ3n) is 3.50. The molecule has 20 heavy (non-hydrogen) atoms. The average molecular weight is 290 g/mol. The maximum atomic E-state index is 12.6. The van der Waals surface area contributed by atoms with Crippen molar-refractivity contribution >= 4 is 5.91 Å². The first kappa shape index (κ1) is 14.9. The minimum absolute atomic E-state index is 0.0518. The van der Waals surface area contributed by atoms with Crippen LogP contribution in [0.25, 0.3) is 0 Å². The van der Waals surface area contributed by atoms with E-state index in [1.165, 1.54) is 12.3 Å². The summed E-state index contributed by atoms with van der Waals surface area (Å²) in [6.45, 7) is -1.48. The highest BCUT2D eigenvalue weighted by molar-refractivity contribution is 5.77. The monoisotopic (exact) mass is 290 g/mol. The zero-order chi connectivity index (χ0) is 14.8. The third kappa shape index (κ3) is 4.00. The summed E-state index contributed by atoms with van der Waals surface area (Å²) in [5.41, 5.74) is 5.29. The molecule has 1 amide bonds. The zero-order valence-corrected chi connectivity index (χ0v) is 10.9. The number of hydrogen-bond donors (Lipinski definition) is 1. The number of alkyl halides is 3. The molecule has 1 aromatic heterocycles. The van der Waals surface area contributed by atoms with Crippen molar-refractivity contribution in [2.45, 2.75) is 43.9 Å². The van der Waals surface area contributed by atoms with Crippen LogP contribution in [-0.4, -0.2) is 29.1 Å². The fourth-order valence-electron chi connectivity index (χ4n) is 2.26. The number of nitrogens with two attached hydrogens (primary N) is 1. The van der Waals surface area contributed by atoms with Crippen LogP contribution in [0.5, 0.6) is 0 Å². The van der Waals surface area contributed by atoms with E-state index in [9.17, 15) is 18.0 Å². The van der Waals surface area contributed by atoms with Crippen molar-refractivity contribution in [3.05, 3.63) is 24.2 Å². The maximum absolute atomic E-state index is 12.6. The summed E-state index contributed by atoms with van der Waals surface area (Å²) in [6.07, 6.45) is -0.852. The van der Waals surface area contributed by atoms with Gasteiger partial charge in [0.05, 0.1) is 12.8 Å². The van der Waals surface area contributed by atoms with Crippen LogP contribution in [0.4, 0.5) is 13.2 Å². The van der Waals surface area contributed by atoms with Crippen LogP contribution in [-0.2, 0) is 11.3 Å². The van der Waals surface area contributed by atoms with Crippen molar-refractivity contribution in [2.24, 2.45) is 5.73 Å². The summed E-state index contributed by atoms with van der Waals surface area (Å²) in [4.78, 5) is 12.8. The Morgan fingerprint density at radius 2 is 2.15 bits per heavy atom. The van der Waals surface area contributed by atoms with Gasteiger partial charge in [-0.15, -0.1) is 0 Å². The van der Waals surface area contributed by atoms with Crippen LogP contribution in [0.2, 0.25) is 0 Å². The van der Waals surface area contributed by atoms with Crippen molar-refractivity contribution in [3.63, 3.8) is 0 Å². The topological polar surface area (TPSA) is 59.5 Å². The lowest BCUT2D eigenvalue weighted by molar-refractivity contribution is -0.164. The normalized spacial score (nSPS) is 17.6. The Morgan fingerprint density at radius 3 is 2.60 bits per heavy atom. The second kappa shape index (κ2) is 5.47. The summed E-state index contributed by atoms with van der Waals surface area (Å²) >= 11 is 0. The number of halogens is 3. The molecule has 7 heteroatoms. The Kier molecular flexibility index (Phi) is 4.08. The Bertz CT molecular complexity index is 453. The molecule has 0 radical (unpaired) electrons. The van der Waals surface area contributed by atoms with Gasteiger partial charge in [-0.2, -0.15) is 13.2 Å². The van der Waals surface area contributed by atoms with Gasteiger partial charge in [0.1, 0.15) is 12.3 Å². The molecule has 1 fully saturated rings. The van der Waals surface area contributed by atoms with Gasteiger partial charge in [-0.25, -0.2) is 0 Å². The molecule has 0 bridgehead atoms. The summed E-state index contributed by atoms with van der Waals surface area (Å²) in [5.74, 6) is -0.261. The molecule has 0 aromatic carbocycles. The van der Waals surface area contributed by atoms with E-state index in [1.54, 1.807) is 6.07 Å². The van der Waals surface area contributed by atoms with E-state index in [-0.39, 0.29) is 13.0 Å². The summed E-state index contributed by atoms with van der Waals surface area (Å²) in [5, 5.41) is 0. The molecule has 1 heterocycles. The molecule has 0 aliphatic heterocycles. The number of hydrogen-bond acceptors (Lipinski definition) is 3. The van der Waals surface area contributed by atoms with Gasteiger partial charge in [0.2, 0.25) is 5.91 Å². The maximum Gasteiger partial charge on any atom is 0.406 e. The van der Waals surface area contributed by atoms with Gasteiger partial charge < -0.3 is 15.1 Å². The molecule has 1 saturated carbocycles. The molecule has 0 atom stereocenters. The number of amides is 1. The quantitative estimate of drug-likeness (QED) is 0.906. The Balaban J connectivity index is 2.02. The Labute approximate surface area is 114 Å². The van der Waals surface area contributed by atoms with Crippen LogP contribution in [0.3, 0.4) is 0 Å². The zero-order valence-electron chi connectivity index (χ0n) is 10.9. The summed E-state index contributed by atoms with van der Waals surface area (Å²) in [7, 11) is 0. The predicted octanol–water partition coefficient (Wildman–Crippen LogP) is 2.44. The van der Waals surface area contributed by atoms with Gasteiger partial charge in [0, 0.05) is 12.0 Å². The Morgan fingerprint density at radius 1 is 1.45 bits per heavy atom. The fraction of sp³-hybridized carbons (Fsp3) is 0.615. The van der Waals surface area contributed by atoms with Crippen LogP contribution in [0, 0.1) is 0 Å². The van der Waals surface area contributed by atoms with E-state index < -0.39 is 24.2 Å². The van der Waals surface area contributed by atoms with Crippen molar-refractivity contribution in [3.8, 4) is 0 Å². The second-order valence-corrected chi connectivity index (χ2v) is 5.34. The second-order valence-electron chi connectivity index (χ2n) is 5.34. The molecule has 2 N–H and O–H groups in total. The van der Waals surface area contributed by atoms with E-state index in [0.29, 0.717) is 18.6 Å². The van der Waals surface area contributed by atoms with Gasteiger partial charge in [-0.1, -0.05) is 0 Å². The van der Waals surface area contributed by atoms with E-state index >= 15 is 0 Å². The van der Waals surface area contributed by atoms with Crippen molar-refractivity contribution < 1.29 is 22.4 Å². The summed E-state index contributed by atoms with van der Waals surface area (Å²) < 4.78 is 42.7. The van der Waals surface area contributed by atoms with Gasteiger partial charge in [-0.3, -0.25) is 4.79 Å². The largest absolute Gasteiger partial charge is 0.467 e. The van der Waals surface area contributed by atoms with Crippen molar-refractivity contribution in [1.29, 1.82) is 0 Å². The van der Waals surface area contributed by atoms with Crippen LogP contribution in [0.15, 0.2) is 22.8 Å². The van der Waals surface area contributed by atoms with E-state index in [2.05, 4.69) is 0 Å². The van der Waals surface area contributed by atoms with E-state index in [1.807, 2.05) is 0 Å². The number of furan rings is 1. The van der Waals surface area contributed by atoms with Gasteiger partial charge in [0.25, 0.3) is 0 Å². The molecular formula is C13H17F3N2O2. The third-order valence-corrected chi connectivity index (χ3v) is 3.50. The van der Waals surface area contributed by atoms with Crippen molar-refractivity contribution in [1.82, 2.24) is 4.90 Å². The molecule has 1 aromatic rings. The highest BCUT2D eigenvalue weighted by Crippen LogP contribution is 2.33. The molecule has 2 rings (SSSR count). The molecule has 0 unspecified atom stereocenters. The van der Waals surface area contributed by atoms with E-state index in [0.717, 1.165) is 11.3 Å². The molecule has 0 saturated heterocycles. The standard InChI is InChI=1S/C13H17F3N2O2/c14-13(15,16)9-18(8-10-3-1-6-20-10)11(19)7-12(17)4-2-5-12/h1,3,6H,2,4-5,7-9,17H2. The van der Waals surface area contributed by atoms with Crippen molar-refractivity contribution in [2.75, 3.05) is 6.54 Å². The highest BCUT2D eigenvalue weighted by Gasteiger charge is 2.39. The number of carbonyl (C=O) groups excluding carboxylic acids is 1. The van der Waals surface area contributed by atoms with Gasteiger partial charge >= 0.3 is 6.18 Å². The average Bonchev–Trinajstić information content (AvgIpc) is 2.77. The molecule has 0 spiro atoms.